The summed E-state index contributed by atoms with van der Waals surface area (Å²) in [6.07, 6.45) is 1.47. The molecule has 0 saturated heterocycles. The van der Waals surface area contributed by atoms with Crippen LogP contribution < -0.4 is 0 Å². The van der Waals surface area contributed by atoms with E-state index in [4.69, 9.17) is 5.21 Å². The zero-order valence-electron chi connectivity index (χ0n) is 4.05. The largest absolute Gasteiger partial charge is 0.411 e. The number of oxime groups is 1. The van der Waals surface area contributed by atoms with E-state index in [0.29, 0.717) is 5.92 Å². The lowest BCUT2D eigenvalue weighted by molar-refractivity contribution is 0.319. The summed E-state index contributed by atoms with van der Waals surface area (Å²) in [6.45, 7) is 3.89. The van der Waals surface area contributed by atoms with Crippen LogP contribution in [-0.4, -0.2) is 11.4 Å². The molecule has 0 unspecified atom stereocenters. The average molecular weight is 87.1 g/mol. The molecule has 0 aromatic rings. The smallest absolute Gasteiger partial charge is 0.0461 e. The number of nitrogens with zero attached hydrogens (tertiary/aromatic N) is 1. The van der Waals surface area contributed by atoms with Crippen molar-refractivity contribution < 1.29 is 5.21 Å². The van der Waals surface area contributed by atoms with E-state index in [1.165, 1.54) is 6.21 Å². The van der Waals surface area contributed by atoms with E-state index in [2.05, 4.69) is 5.16 Å². The third-order valence-electron chi connectivity index (χ3n) is 0.365. The third-order valence-corrected chi connectivity index (χ3v) is 0.365. The highest BCUT2D eigenvalue weighted by Gasteiger charge is 1.79. The highest BCUT2D eigenvalue weighted by atomic mass is 16.4. The van der Waals surface area contributed by atoms with Gasteiger partial charge in [0.15, 0.2) is 0 Å². The number of hydrogen-bond acceptors (Lipinski definition) is 2. The highest BCUT2D eigenvalue weighted by molar-refractivity contribution is 5.58. The number of hydrogen-bond donors (Lipinski definition) is 1. The molecule has 0 aliphatic rings. The first-order chi connectivity index (χ1) is 2.77. The molecule has 0 aromatic heterocycles. The monoisotopic (exact) mass is 87.1 g/mol. The molecule has 0 bridgehead atoms. The van der Waals surface area contributed by atoms with Gasteiger partial charge in [-0.15, -0.1) is 5.16 Å². The van der Waals surface area contributed by atoms with Gasteiger partial charge in [-0.25, -0.2) is 0 Å². The molecule has 0 heterocycles. The lowest BCUT2D eigenvalue weighted by atomic mass is 10.3. The van der Waals surface area contributed by atoms with E-state index in [0.717, 1.165) is 0 Å². The van der Waals surface area contributed by atoms with Crippen molar-refractivity contribution in [1.29, 1.82) is 0 Å². The van der Waals surface area contributed by atoms with Gasteiger partial charge >= 0.3 is 0 Å². The Hall–Kier alpha value is -0.530. The molecule has 0 amide bonds. The van der Waals surface area contributed by atoms with Crippen molar-refractivity contribution in [1.82, 2.24) is 0 Å². The minimum atomic E-state index is 0.356. The molecule has 0 aromatic carbocycles. The summed E-state index contributed by atoms with van der Waals surface area (Å²) in [4.78, 5) is 0. The maximum Gasteiger partial charge on any atom is 0.0461 e. The van der Waals surface area contributed by atoms with Gasteiger partial charge in [-0.3, -0.25) is 0 Å². The molecule has 0 radical (unpaired) electrons. The minimum Gasteiger partial charge on any atom is -0.411 e. The first-order valence-corrected chi connectivity index (χ1v) is 1.95. The molecule has 1 N–H and O–H groups in total. The Balaban J connectivity index is 3.03. The summed E-state index contributed by atoms with van der Waals surface area (Å²) in [6, 6.07) is 0. The predicted octanol–water partition coefficient (Wildman–Crippen LogP) is 1.10. The van der Waals surface area contributed by atoms with Crippen LogP contribution in [0.1, 0.15) is 13.8 Å². The minimum absolute atomic E-state index is 0.356. The Morgan fingerprint density at radius 3 is 2.17 bits per heavy atom. The van der Waals surface area contributed by atoms with Gasteiger partial charge in [0.2, 0.25) is 0 Å². The second-order valence-electron chi connectivity index (χ2n) is 1.51. The van der Waals surface area contributed by atoms with Crippen LogP contribution in [0.3, 0.4) is 0 Å². The van der Waals surface area contributed by atoms with Crippen molar-refractivity contribution in [3.63, 3.8) is 0 Å². The van der Waals surface area contributed by atoms with E-state index < -0.39 is 0 Å². The summed E-state index contributed by atoms with van der Waals surface area (Å²) in [5, 5.41) is 10.6. The van der Waals surface area contributed by atoms with E-state index in [1.54, 1.807) is 0 Å². The molecule has 2 heteroatoms. The lowest BCUT2D eigenvalue weighted by Gasteiger charge is -1.84. The predicted molar refractivity (Wildman–Crippen MR) is 25.1 cm³/mol. The van der Waals surface area contributed by atoms with Gasteiger partial charge in [-0.1, -0.05) is 13.8 Å². The zero-order valence-corrected chi connectivity index (χ0v) is 4.05. The van der Waals surface area contributed by atoms with Crippen LogP contribution in [0, 0.1) is 5.92 Å². The van der Waals surface area contributed by atoms with Crippen molar-refractivity contribution in [3.05, 3.63) is 0 Å². The van der Waals surface area contributed by atoms with Crippen LogP contribution in [0.4, 0.5) is 0 Å². The van der Waals surface area contributed by atoms with Crippen LogP contribution in [0.25, 0.3) is 0 Å². The molecule has 0 atom stereocenters. The second-order valence-corrected chi connectivity index (χ2v) is 1.51. The van der Waals surface area contributed by atoms with Gasteiger partial charge in [-0.2, -0.15) is 0 Å². The first-order valence-electron chi connectivity index (χ1n) is 1.95. The maximum absolute atomic E-state index is 7.81. The highest BCUT2D eigenvalue weighted by Crippen LogP contribution is 1.81. The molecule has 0 spiro atoms. The molecule has 2 nitrogen and oxygen atoms in total. The molecule has 0 fully saturated rings. The van der Waals surface area contributed by atoms with E-state index >= 15 is 0 Å². The van der Waals surface area contributed by atoms with Crippen LogP contribution >= 0.6 is 0 Å². The SMILES string of the molecule is CC(C)C=NO. The van der Waals surface area contributed by atoms with Gasteiger partial charge in [-0.05, 0) is 5.92 Å². The number of rotatable bonds is 1. The van der Waals surface area contributed by atoms with E-state index in [-0.39, 0.29) is 0 Å². The van der Waals surface area contributed by atoms with Gasteiger partial charge in [0, 0.05) is 6.21 Å². The van der Waals surface area contributed by atoms with Gasteiger partial charge in [0.25, 0.3) is 0 Å². The van der Waals surface area contributed by atoms with Gasteiger partial charge in [0.05, 0.1) is 0 Å². The van der Waals surface area contributed by atoms with Crippen molar-refractivity contribution in [2.24, 2.45) is 11.1 Å². The van der Waals surface area contributed by atoms with E-state index in [9.17, 15) is 0 Å². The maximum atomic E-state index is 7.81. The molecular weight excluding hydrogens is 78.0 g/mol. The molecule has 36 valence electrons. The second kappa shape index (κ2) is 2.69. The average Bonchev–Trinajstić information content (AvgIpc) is 1.35. The van der Waals surface area contributed by atoms with Crippen molar-refractivity contribution in [3.8, 4) is 0 Å². The van der Waals surface area contributed by atoms with Crippen molar-refractivity contribution in [2.45, 2.75) is 13.8 Å². The van der Waals surface area contributed by atoms with Crippen LogP contribution in [0.2, 0.25) is 0 Å². The molecule has 0 rings (SSSR count). The summed E-state index contributed by atoms with van der Waals surface area (Å²) >= 11 is 0. The third kappa shape index (κ3) is 3.47. The van der Waals surface area contributed by atoms with Gasteiger partial charge in [0.1, 0.15) is 0 Å². The summed E-state index contributed by atoms with van der Waals surface area (Å²) in [7, 11) is 0. The molecule has 0 aliphatic heterocycles. The zero-order chi connectivity index (χ0) is 4.99. The Morgan fingerprint density at radius 1 is 1.67 bits per heavy atom. The van der Waals surface area contributed by atoms with Crippen LogP contribution in [0.5, 0.6) is 0 Å². The fraction of sp³-hybridized carbons (Fsp3) is 0.750. The van der Waals surface area contributed by atoms with Crippen molar-refractivity contribution in [2.75, 3.05) is 0 Å². The molecular formula is C4H9NO. The topological polar surface area (TPSA) is 32.6 Å². The summed E-state index contributed by atoms with van der Waals surface area (Å²) in [5.74, 6) is 0.356. The fourth-order valence-electron chi connectivity index (χ4n) is 0.133. The summed E-state index contributed by atoms with van der Waals surface area (Å²) < 4.78 is 0. The molecule has 0 saturated carbocycles. The van der Waals surface area contributed by atoms with E-state index in [1.807, 2.05) is 13.8 Å². The van der Waals surface area contributed by atoms with Crippen molar-refractivity contribution >= 4 is 6.21 Å². The first kappa shape index (κ1) is 5.47. The van der Waals surface area contributed by atoms with Gasteiger partial charge < -0.3 is 5.21 Å². The Morgan fingerprint density at radius 2 is 2.17 bits per heavy atom. The quantitative estimate of drug-likeness (QED) is 0.290. The Kier molecular flexibility index (Phi) is 2.46. The van der Waals surface area contributed by atoms with Crippen LogP contribution in [0.15, 0.2) is 5.16 Å². The lowest BCUT2D eigenvalue weighted by Crippen LogP contribution is -1.84. The fourth-order valence-corrected chi connectivity index (χ4v) is 0.133. The molecule has 6 heavy (non-hydrogen) atoms. The molecule has 0 aliphatic carbocycles. The Bertz CT molecular complexity index is 49.5. The summed E-state index contributed by atoms with van der Waals surface area (Å²) in [5.41, 5.74) is 0. The van der Waals surface area contributed by atoms with Crippen LogP contribution in [-0.2, 0) is 0 Å². The Labute approximate surface area is 37.5 Å². The standard InChI is InChI=1S/C4H9NO/c1-4(2)3-5-6/h3-4,6H,1-2H3. The normalized spacial score (nSPS) is 11.2.